The van der Waals surface area contributed by atoms with Gasteiger partial charge in [-0.15, -0.1) is 0 Å². The molecule has 0 aliphatic carbocycles. The van der Waals surface area contributed by atoms with Gasteiger partial charge < -0.3 is 19.3 Å². The van der Waals surface area contributed by atoms with Crippen molar-refractivity contribution in [1.29, 1.82) is 0 Å². The van der Waals surface area contributed by atoms with Gasteiger partial charge in [0.1, 0.15) is 24.2 Å². The van der Waals surface area contributed by atoms with Crippen LogP contribution >= 0.6 is 0 Å². The lowest BCUT2D eigenvalue weighted by atomic mass is 10.1. The van der Waals surface area contributed by atoms with E-state index in [0.717, 1.165) is 36.5 Å². The molecule has 2 unspecified atom stereocenters. The van der Waals surface area contributed by atoms with Crippen LogP contribution in [0.15, 0.2) is 48.5 Å². The Kier molecular flexibility index (Phi) is 7.76. The molecule has 0 fully saturated rings. The maximum absolute atomic E-state index is 10.3. The maximum atomic E-state index is 10.3. The highest BCUT2D eigenvalue weighted by atomic mass is 16.5. The number of hydrogen-bond donors (Lipinski definition) is 1. The number of aliphatic hydroxyl groups is 1. The SMILES string of the molecule is CCOC(CC)Cc1ccc(OCC(O)c2cccc(OC)c2)cc1. The Morgan fingerprint density at radius 2 is 1.76 bits per heavy atom. The Hall–Kier alpha value is -2.04. The van der Waals surface area contributed by atoms with Gasteiger partial charge in [0, 0.05) is 6.61 Å². The number of rotatable bonds is 10. The largest absolute Gasteiger partial charge is 0.497 e. The molecule has 0 spiro atoms. The van der Waals surface area contributed by atoms with E-state index in [1.165, 1.54) is 5.56 Å². The van der Waals surface area contributed by atoms with E-state index in [1.807, 2.05) is 43.3 Å². The van der Waals surface area contributed by atoms with Crippen LogP contribution in [0, 0.1) is 0 Å². The first-order valence-corrected chi connectivity index (χ1v) is 8.81. The Bertz CT molecular complexity index is 624. The van der Waals surface area contributed by atoms with E-state index < -0.39 is 6.10 Å². The molecule has 0 radical (unpaired) electrons. The van der Waals surface area contributed by atoms with E-state index in [4.69, 9.17) is 14.2 Å². The van der Waals surface area contributed by atoms with Gasteiger partial charge in [0.2, 0.25) is 0 Å². The van der Waals surface area contributed by atoms with Crippen LogP contribution in [0.3, 0.4) is 0 Å². The van der Waals surface area contributed by atoms with Crippen molar-refractivity contribution in [2.75, 3.05) is 20.3 Å². The molecule has 2 aromatic rings. The quantitative estimate of drug-likeness (QED) is 0.703. The minimum Gasteiger partial charge on any atom is -0.497 e. The van der Waals surface area contributed by atoms with Gasteiger partial charge >= 0.3 is 0 Å². The minimum atomic E-state index is -0.697. The van der Waals surface area contributed by atoms with Gasteiger partial charge in [0.25, 0.3) is 0 Å². The van der Waals surface area contributed by atoms with Crippen LogP contribution in [-0.4, -0.2) is 31.5 Å². The molecule has 0 saturated carbocycles. The molecule has 4 heteroatoms. The van der Waals surface area contributed by atoms with Crippen molar-refractivity contribution < 1.29 is 19.3 Å². The zero-order chi connectivity index (χ0) is 18.1. The predicted octanol–water partition coefficient (Wildman–Crippen LogP) is 4.17. The normalized spacial score (nSPS) is 13.3. The molecule has 25 heavy (non-hydrogen) atoms. The van der Waals surface area contributed by atoms with Crippen LogP contribution in [0.2, 0.25) is 0 Å². The zero-order valence-electron chi connectivity index (χ0n) is 15.3. The molecule has 4 nitrogen and oxygen atoms in total. The molecule has 136 valence electrons. The highest BCUT2D eigenvalue weighted by Gasteiger charge is 2.10. The van der Waals surface area contributed by atoms with Crippen LogP contribution in [0.25, 0.3) is 0 Å². The molecule has 0 aromatic heterocycles. The second-order valence-electron chi connectivity index (χ2n) is 5.94. The summed E-state index contributed by atoms with van der Waals surface area (Å²) in [5, 5.41) is 10.3. The minimum absolute atomic E-state index is 0.197. The number of benzene rings is 2. The number of aliphatic hydroxyl groups excluding tert-OH is 1. The summed E-state index contributed by atoms with van der Waals surface area (Å²) in [7, 11) is 1.61. The molecule has 2 aromatic carbocycles. The fourth-order valence-electron chi connectivity index (χ4n) is 2.66. The van der Waals surface area contributed by atoms with Gasteiger partial charge in [-0.05, 0) is 55.2 Å². The van der Waals surface area contributed by atoms with Gasteiger partial charge in [-0.3, -0.25) is 0 Å². The van der Waals surface area contributed by atoms with Crippen LogP contribution in [0.5, 0.6) is 11.5 Å². The summed E-state index contributed by atoms with van der Waals surface area (Å²) < 4.78 is 16.6. The van der Waals surface area contributed by atoms with E-state index >= 15 is 0 Å². The second-order valence-corrected chi connectivity index (χ2v) is 5.94. The Labute approximate surface area is 150 Å². The lowest BCUT2D eigenvalue weighted by Gasteiger charge is -2.16. The van der Waals surface area contributed by atoms with Crippen LogP contribution in [-0.2, 0) is 11.2 Å². The van der Waals surface area contributed by atoms with Gasteiger partial charge in [0.05, 0.1) is 13.2 Å². The van der Waals surface area contributed by atoms with Gasteiger partial charge in [-0.1, -0.05) is 31.2 Å². The third kappa shape index (κ3) is 6.07. The smallest absolute Gasteiger partial charge is 0.119 e. The summed E-state index contributed by atoms with van der Waals surface area (Å²) in [4.78, 5) is 0. The Morgan fingerprint density at radius 1 is 1.00 bits per heavy atom. The van der Waals surface area contributed by atoms with Crippen molar-refractivity contribution in [1.82, 2.24) is 0 Å². The molecule has 0 heterocycles. The fraction of sp³-hybridized carbons (Fsp3) is 0.429. The van der Waals surface area contributed by atoms with E-state index in [2.05, 4.69) is 19.1 Å². The van der Waals surface area contributed by atoms with E-state index in [0.29, 0.717) is 0 Å². The van der Waals surface area contributed by atoms with Crippen molar-refractivity contribution >= 4 is 0 Å². The summed E-state index contributed by atoms with van der Waals surface area (Å²) in [6.45, 7) is 5.09. The number of methoxy groups -OCH3 is 1. The number of ether oxygens (including phenoxy) is 3. The van der Waals surface area contributed by atoms with Gasteiger partial charge in [0.15, 0.2) is 0 Å². The summed E-state index contributed by atoms with van der Waals surface area (Å²) in [5.74, 6) is 1.47. The lowest BCUT2D eigenvalue weighted by molar-refractivity contribution is 0.0607. The standard InChI is InChI=1S/C21H28O4/c1-4-18(24-5-2)13-16-9-11-19(12-10-16)25-15-21(22)17-7-6-8-20(14-17)23-3/h6-12,14,18,21-22H,4-5,13,15H2,1-3H3. The Balaban J connectivity index is 1.88. The van der Waals surface area contributed by atoms with Gasteiger partial charge in [-0.2, -0.15) is 0 Å². The van der Waals surface area contributed by atoms with Crippen LogP contribution in [0.1, 0.15) is 37.5 Å². The molecule has 2 atom stereocenters. The van der Waals surface area contributed by atoms with Gasteiger partial charge in [-0.25, -0.2) is 0 Å². The molecule has 0 aliphatic heterocycles. The third-order valence-corrected chi connectivity index (χ3v) is 4.13. The number of hydrogen-bond acceptors (Lipinski definition) is 4. The lowest BCUT2D eigenvalue weighted by Crippen LogP contribution is -2.14. The topological polar surface area (TPSA) is 47.9 Å². The average molecular weight is 344 g/mol. The highest BCUT2D eigenvalue weighted by Crippen LogP contribution is 2.21. The highest BCUT2D eigenvalue weighted by molar-refractivity contribution is 5.31. The maximum Gasteiger partial charge on any atom is 0.119 e. The van der Waals surface area contributed by atoms with E-state index in [1.54, 1.807) is 7.11 Å². The van der Waals surface area contributed by atoms with E-state index in [9.17, 15) is 5.11 Å². The van der Waals surface area contributed by atoms with Crippen molar-refractivity contribution in [3.63, 3.8) is 0 Å². The third-order valence-electron chi connectivity index (χ3n) is 4.13. The average Bonchev–Trinajstić information content (AvgIpc) is 2.66. The molecule has 0 bridgehead atoms. The first-order chi connectivity index (χ1) is 12.2. The van der Waals surface area contributed by atoms with Crippen molar-refractivity contribution in [2.24, 2.45) is 0 Å². The monoisotopic (exact) mass is 344 g/mol. The molecule has 2 rings (SSSR count). The van der Waals surface area contributed by atoms with Crippen molar-refractivity contribution in [2.45, 2.75) is 38.9 Å². The first-order valence-electron chi connectivity index (χ1n) is 8.81. The Morgan fingerprint density at radius 3 is 2.40 bits per heavy atom. The fourth-order valence-corrected chi connectivity index (χ4v) is 2.66. The summed E-state index contributed by atoms with van der Waals surface area (Å²) in [6.07, 6.45) is 1.46. The molecular formula is C21H28O4. The summed E-state index contributed by atoms with van der Waals surface area (Å²) in [6, 6.07) is 15.4. The van der Waals surface area contributed by atoms with Crippen LogP contribution < -0.4 is 9.47 Å². The molecular weight excluding hydrogens is 316 g/mol. The van der Waals surface area contributed by atoms with Crippen molar-refractivity contribution in [3.05, 3.63) is 59.7 Å². The van der Waals surface area contributed by atoms with E-state index in [-0.39, 0.29) is 12.7 Å². The predicted molar refractivity (Wildman–Crippen MR) is 99.3 cm³/mol. The molecule has 0 amide bonds. The summed E-state index contributed by atoms with van der Waals surface area (Å²) in [5.41, 5.74) is 2.00. The second kappa shape index (κ2) is 10.1. The van der Waals surface area contributed by atoms with Crippen LogP contribution in [0.4, 0.5) is 0 Å². The zero-order valence-corrected chi connectivity index (χ0v) is 15.3. The van der Waals surface area contributed by atoms with Crippen molar-refractivity contribution in [3.8, 4) is 11.5 Å². The first kappa shape index (κ1) is 19.3. The molecule has 1 N–H and O–H groups in total. The molecule has 0 aliphatic rings. The molecule has 0 saturated heterocycles. The summed E-state index contributed by atoms with van der Waals surface area (Å²) >= 11 is 0.